The Bertz CT molecular complexity index is 686. The molecule has 0 aromatic heterocycles. The average Bonchev–Trinajstić information content (AvgIpc) is 2.53. The fourth-order valence-corrected chi connectivity index (χ4v) is 2.32. The molecule has 0 bridgehead atoms. The van der Waals surface area contributed by atoms with Crippen LogP contribution in [0.3, 0.4) is 0 Å². The van der Waals surface area contributed by atoms with Crippen molar-refractivity contribution in [3.63, 3.8) is 0 Å². The van der Waals surface area contributed by atoms with Crippen molar-refractivity contribution in [3.8, 4) is 0 Å². The van der Waals surface area contributed by atoms with Gasteiger partial charge in [0.05, 0.1) is 12.3 Å². The molecule has 0 fully saturated rings. The van der Waals surface area contributed by atoms with Crippen LogP contribution in [0.2, 0.25) is 0 Å². The van der Waals surface area contributed by atoms with Gasteiger partial charge in [0.25, 0.3) is 5.91 Å². The normalized spacial score (nSPS) is 10.4. The second-order valence-corrected chi connectivity index (χ2v) is 5.45. The summed E-state index contributed by atoms with van der Waals surface area (Å²) in [6.45, 7) is 0.639. The van der Waals surface area contributed by atoms with Crippen LogP contribution in [0.5, 0.6) is 0 Å². The summed E-state index contributed by atoms with van der Waals surface area (Å²) in [5, 5.41) is 2.82. The predicted octanol–water partition coefficient (Wildman–Crippen LogP) is 2.97. The molecule has 0 saturated carbocycles. The molecule has 2 aromatic rings. The van der Waals surface area contributed by atoms with Gasteiger partial charge < -0.3 is 15.0 Å². The zero-order valence-corrected chi connectivity index (χ0v) is 13.6. The molecular formula is C18H21FN2O2. The average molecular weight is 316 g/mol. The Morgan fingerprint density at radius 1 is 1.22 bits per heavy atom. The topological polar surface area (TPSA) is 41.6 Å². The quantitative estimate of drug-likeness (QED) is 0.891. The molecule has 0 atom stereocenters. The van der Waals surface area contributed by atoms with Gasteiger partial charge in [-0.3, -0.25) is 4.79 Å². The monoisotopic (exact) mass is 316 g/mol. The van der Waals surface area contributed by atoms with Crippen LogP contribution >= 0.6 is 0 Å². The third-order valence-electron chi connectivity index (χ3n) is 3.51. The number of halogens is 1. The van der Waals surface area contributed by atoms with Gasteiger partial charge in [-0.15, -0.1) is 0 Å². The Morgan fingerprint density at radius 2 is 1.96 bits per heavy atom. The first-order valence-electron chi connectivity index (χ1n) is 7.33. The van der Waals surface area contributed by atoms with Crippen LogP contribution in [0.25, 0.3) is 0 Å². The highest BCUT2D eigenvalue weighted by molar-refractivity contribution is 5.95. The standard InChI is InChI=1S/C18H21FN2O2/c1-21(2)17-9-8-13(10-16(17)19)11-20-18(22)15-7-5-4-6-14(15)12-23-3/h4-10H,11-12H2,1-3H3,(H,20,22). The van der Waals surface area contributed by atoms with Gasteiger partial charge in [-0.25, -0.2) is 4.39 Å². The molecule has 0 saturated heterocycles. The Hall–Kier alpha value is -2.40. The van der Waals surface area contributed by atoms with Crippen molar-refractivity contribution in [2.24, 2.45) is 0 Å². The molecule has 0 radical (unpaired) electrons. The van der Waals surface area contributed by atoms with Crippen LogP contribution in [0.4, 0.5) is 10.1 Å². The van der Waals surface area contributed by atoms with E-state index in [1.165, 1.54) is 6.07 Å². The van der Waals surface area contributed by atoms with Crippen LogP contribution in [0.15, 0.2) is 42.5 Å². The molecule has 1 N–H and O–H groups in total. The minimum Gasteiger partial charge on any atom is -0.380 e. The molecule has 2 rings (SSSR count). The van der Waals surface area contributed by atoms with E-state index in [0.29, 0.717) is 23.4 Å². The van der Waals surface area contributed by atoms with E-state index in [1.807, 2.05) is 12.1 Å². The van der Waals surface area contributed by atoms with E-state index in [0.717, 1.165) is 5.56 Å². The molecule has 5 heteroatoms. The van der Waals surface area contributed by atoms with Crippen molar-refractivity contribution in [1.29, 1.82) is 0 Å². The highest BCUT2D eigenvalue weighted by Crippen LogP contribution is 2.18. The van der Waals surface area contributed by atoms with E-state index in [-0.39, 0.29) is 18.3 Å². The van der Waals surface area contributed by atoms with Crippen molar-refractivity contribution >= 4 is 11.6 Å². The lowest BCUT2D eigenvalue weighted by Gasteiger charge is -2.14. The maximum atomic E-state index is 13.9. The van der Waals surface area contributed by atoms with Crippen molar-refractivity contribution in [3.05, 3.63) is 65.0 Å². The van der Waals surface area contributed by atoms with E-state index in [1.54, 1.807) is 50.4 Å². The number of methoxy groups -OCH3 is 1. The van der Waals surface area contributed by atoms with E-state index in [9.17, 15) is 9.18 Å². The first-order valence-corrected chi connectivity index (χ1v) is 7.33. The number of rotatable bonds is 6. The summed E-state index contributed by atoms with van der Waals surface area (Å²) in [6.07, 6.45) is 0. The Morgan fingerprint density at radius 3 is 2.61 bits per heavy atom. The van der Waals surface area contributed by atoms with Crippen molar-refractivity contribution in [2.45, 2.75) is 13.2 Å². The molecule has 23 heavy (non-hydrogen) atoms. The van der Waals surface area contributed by atoms with Crippen molar-refractivity contribution in [2.75, 3.05) is 26.1 Å². The van der Waals surface area contributed by atoms with Crippen molar-refractivity contribution in [1.82, 2.24) is 5.32 Å². The molecule has 0 unspecified atom stereocenters. The summed E-state index contributed by atoms with van der Waals surface area (Å²) in [7, 11) is 5.16. The van der Waals surface area contributed by atoms with Gasteiger partial charge in [-0.2, -0.15) is 0 Å². The van der Waals surface area contributed by atoms with Crippen molar-refractivity contribution < 1.29 is 13.9 Å². The Kier molecular flexibility index (Phi) is 5.71. The van der Waals surface area contributed by atoms with Gasteiger partial charge in [0, 0.05) is 33.3 Å². The molecular weight excluding hydrogens is 295 g/mol. The smallest absolute Gasteiger partial charge is 0.251 e. The number of benzene rings is 2. The summed E-state index contributed by atoms with van der Waals surface area (Å²) < 4.78 is 19.0. The first-order chi connectivity index (χ1) is 11.0. The maximum absolute atomic E-state index is 13.9. The third-order valence-corrected chi connectivity index (χ3v) is 3.51. The summed E-state index contributed by atoms with van der Waals surface area (Å²) in [5.41, 5.74) is 2.62. The van der Waals surface area contributed by atoms with Crippen LogP contribution in [0.1, 0.15) is 21.5 Å². The molecule has 0 aliphatic heterocycles. The predicted molar refractivity (Wildman–Crippen MR) is 89.1 cm³/mol. The summed E-state index contributed by atoms with van der Waals surface area (Å²) >= 11 is 0. The molecule has 0 spiro atoms. The van der Waals surface area contributed by atoms with Gasteiger partial charge in [0.1, 0.15) is 5.82 Å². The SMILES string of the molecule is COCc1ccccc1C(=O)NCc1ccc(N(C)C)c(F)c1. The molecule has 2 aromatic carbocycles. The third kappa shape index (κ3) is 4.29. The number of hydrogen-bond donors (Lipinski definition) is 1. The van der Waals surface area contributed by atoms with Gasteiger partial charge in [-0.1, -0.05) is 24.3 Å². The van der Waals surface area contributed by atoms with Crippen LogP contribution in [-0.4, -0.2) is 27.1 Å². The number of carbonyl (C=O) groups excluding carboxylic acids is 1. The second-order valence-electron chi connectivity index (χ2n) is 5.45. The fraction of sp³-hybridized carbons (Fsp3) is 0.278. The van der Waals surface area contributed by atoms with Gasteiger partial charge in [0.15, 0.2) is 0 Å². The zero-order chi connectivity index (χ0) is 16.8. The molecule has 0 aliphatic rings. The lowest BCUT2D eigenvalue weighted by atomic mass is 10.1. The van der Waals surface area contributed by atoms with Gasteiger partial charge in [-0.05, 0) is 29.3 Å². The maximum Gasteiger partial charge on any atom is 0.251 e. The number of ether oxygens (including phenoxy) is 1. The number of carbonyl (C=O) groups is 1. The molecule has 0 aliphatic carbocycles. The largest absolute Gasteiger partial charge is 0.380 e. The lowest BCUT2D eigenvalue weighted by Crippen LogP contribution is -2.24. The van der Waals surface area contributed by atoms with Crippen LogP contribution in [-0.2, 0) is 17.9 Å². The summed E-state index contributed by atoms with van der Waals surface area (Å²) in [6, 6.07) is 12.2. The summed E-state index contributed by atoms with van der Waals surface area (Å²) in [4.78, 5) is 14.0. The minimum absolute atomic E-state index is 0.199. The Labute approximate surface area is 135 Å². The molecule has 1 amide bonds. The van der Waals surface area contributed by atoms with Crippen LogP contribution < -0.4 is 10.2 Å². The summed E-state index contributed by atoms with van der Waals surface area (Å²) in [5.74, 6) is -0.503. The number of hydrogen-bond acceptors (Lipinski definition) is 3. The van der Waals surface area contributed by atoms with E-state index >= 15 is 0 Å². The number of nitrogens with zero attached hydrogens (tertiary/aromatic N) is 1. The Balaban J connectivity index is 2.06. The molecule has 0 heterocycles. The van der Waals surface area contributed by atoms with Crippen LogP contribution in [0, 0.1) is 5.82 Å². The zero-order valence-electron chi connectivity index (χ0n) is 13.6. The van der Waals surface area contributed by atoms with Gasteiger partial charge in [0.2, 0.25) is 0 Å². The highest BCUT2D eigenvalue weighted by atomic mass is 19.1. The highest BCUT2D eigenvalue weighted by Gasteiger charge is 2.11. The number of anilines is 1. The van der Waals surface area contributed by atoms with E-state index in [2.05, 4.69) is 5.32 Å². The molecule has 122 valence electrons. The van der Waals surface area contributed by atoms with E-state index < -0.39 is 0 Å². The minimum atomic E-state index is -0.304. The number of nitrogens with one attached hydrogen (secondary N) is 1. The fourth-order valence-electron chi connectivity index (χ4n) is 2.32. The van der Waals surface area contributed by atoms with E-state index in [4.69, 9.17) is 4.74 Å². The van der Waals surface area contributed by atoms with Gasteiger partial charge >= 0.3 is 0 Å². The first kappa shape index (κ1) is 17.0. The molecule has 4 nitrogen and oxygen atoms in total. The lowest BCUT2D eigenvalue weighted by molar-refractivity contribution is 0.0946. The second kappa shape index (κ2) is 7.74. The number of amides is 1.